The maximum absolute atomic E-state index is 12.6. The summed E-state index contributed by atoms with van der Waals surface area (Å²) >= 11 is 0. The lowest BCUT2D eigenvalue weighted by Gasteiger charge is -2.36. The van der Waals surface area contributed by atoms with E-state index in [4.69, 9.17) is 18.7 Å². The van der Waals surface area contributed by atoms with Gasteiger partial charge < -0.3 is 23.5 Å². The van der Waals surface area contributed by atoms with Gasteiger partial charge in [0.1, 0.15) is 18.0 Å². The van der Waals surface area contributed by atoms with Crippen LogP contribution in [0.2, 0.25) is 0 Å². The average Bonchev–Trinajstić information content (AvgIpc) is 3.18. The number of carbonyl (C=O) groups excluding carboxylic acids is 1. The van der Waals surface area contributed by atoms with E-state index in [9.17, 15) is 18.0 Å². The Labute approximate surface area is 199 Å². The van der Waals surface area contributed by atoms with E-state index in [1.54, 1.807) is 43.9 Å². The molecular formula is C24H25F3N2O6. The first-order valence-corrected chi connectivity index (χ1v) is 10.9. The molecule has 0 bridgehead atoms. The van der Waals surface area contributed by atoms with Crippen LogP contribution in [-0.4, -0.2) is 60.5 Å². The van der Waals surface area contributed by atoms with Crippen molar-refractivity contribution in [1.29, 1.82) is 0 Å². The molecule has 0 unspecified atom stereocenters. The molecule has 2 heterocycles. The van der Waals surface area contributed by atoms with Gasteiger partial charge in [-0.3, -0.25) is 4.90 Å². The Morgan fingerprint density at radius 2 is 1.83 bits per heavy atom. The summed E-state index contributed by atoms with van der Waals surface area (Å²) in [6.45, 7) is 6.56. The van der Waals surface area contributed by atoms with Crippen molar-refractivity contribution in [2.24, 2.45) is 0 Å². The molecule has 188 valence electrons. The molecule has 1 fully saturated rings. The third kappa shape index (κ3) is 6.36. The minimum atomic E-state index is -4.75. The Morgan fingerprint density at radius 1 is 1.11 bits per heavy atom. The zero-order valence-corrected chi connectivity index (χ0v) is 19.4. The highest BCUT2D eigenvalue weighted by Crippen LogP contribution is 2.32. The predicted molar refractivity (Wildman–Crippen MR) is 119 cm³/mol. The highest BCUT2D eigenvalue weighted by atomic mass is 19.4. The molecule has 1 amide bonds. The third-order valence-corrected chi connectivity index (χ3v) is 5.13. The summed E-state index contributed by atoms with van der Waals surface area (Å²) in [5.74, 6) is -0.0749. The SMILES string of the molecule is CC(C)(C)OC(=O)N1CCOC[C@@H]1COc1noc2ccc(-c3ccc(OC(F)(F)F)cc3)cc12. The van der Waals surface area contributed by atoms with Crippen LogP contribution in [-0.2, 0) is 9.47 Å². The van der Waals surface area contributed by atoms with Crippen LogP contribution in [0, 0.1) is 0 Å². The van der Waals surface area contributed by atoms with Crippen LogP contribution in [0.4, 0.5) is 18.0 Å². The van der Waals surface area contributed by atoms with E-state index >= 15 is 0 Å². The molecule has 1 aliphatic heterocycles. The van der Waals surface area contributed by atoms with Gasteiger partial charge in [0.15, 0.2) is 5.58 Å². The summed E-state index contributed by atoms with van der Waals surface area (Å²) in [5, 5.41) is 4.56. The van der Waals surface area contributed by atoms with Gasteiger partial charge in [-0.25, -0.2) is 4.79 Å². The Morgan fingerprint density at radius 3 is 2.51 bits per heavy atom. The number of morpholine rings is 1. The van der Waals surface area contributed by atoms with Crippen molar-refractivity contribution in [1.82, 2.24) is 10.1 Å². The highest BCUT2D eigenvalue weighted by Gasteiger charge is 2.32. The fourth-order valence-corrected chi connectivity index (χ4v) is 3.58. The Bertz CT molecular complexity index is 1170. The number of aromatic nitrogens is 1. The zero-order valence-electron chi connectivity index (χ0n) is 19.4. The first kappa shape index (κ1) is 24.6. The van der Waals surface area contributed by atoms with E-state index in [1.807, 2.05) is 0 Å². The first-order chi connectivity index (χ1) is 16.5. The van der Waals surface area contributed by atoms with Gasteiger partial charge >= 0.3 is 12.5 Å². The summed E-state index contributed by atoms with van der Waals surface area (Å²) in [6, 6.07) is 10.4. The molecule has 0 radical (unpaired) electrons. The lowest BCUT2D eigenvalue weighted by Crippen LogP contribution is -2.52. The Kier molecular flexibility index (Phi) is 6.79. The van der Waals surface area contributed by atoms with Gasteiger partial charge in [0.25, 0.3) is 5.88 Å². The number of hydrogen-bond donors (Lipinski definition) is 0. The lowest BCUT2D eigenvalue weighted by atomic mass is 10.0. The van der Waals surface area contributed by atoms with Crippen molar-refractivity contribution in [3.63, 3.8) is 0 Å². The molecule has 3 aromatic rings. The monoisotopic (exact) mass is 494 g/mol. The van der Waals surface area contributed by atoms with Crippen LogP contribution in [0.3, 0.4) is 0 Å². The molecule has 8 nitrogen and oxygen atoms in total. The van der Waals surface area contributed by atoms with E-state index in [1.165, 1.54) is 24.3 Å². The van der Waals surface area contributed by atoms with E-state index < -0.39 is 18.1 Å². The summed E-state index contributed by atoms with van der Waals surface area (Å²) in [7, 11) is 0. The van der Waals surface area contributed by atoms with Crippen molar-refractivity contribution >= 4 is 17.1 Å². The number of nitrogens with zero attached hydrogens (tertiary/aromatic N) is 2. The van der Waals surface area contributed by atoms with Crippen molar-refractivity contribution in [3.8, 4) is 22.8 Å². The number of carbonyl (C=O) groups is 1. The van der Waals surface area contributed by atoms with E-state index in [0.29, 0.717) is 29.7 Å². The predicted octanol–water partition coefficient (Wildman–Crippen LogP) is 5.41. The van der Waals surface area contributed by atoms with E-state index in [-0.39, 0.29) is 30.9 Å². The topological polar surface area (TPSA) is 83.3 Å². The third-order valence-electron chi connectivity index (χ3n) is 5.13. The van der Waals surface area contributed by atoms with Crippen molar-refractivity contribution in [2.45, 2.75) is 38.8 Å². The molecular weight excluding hydrogens is 469 g/mol. The van der Waals surface area contributed by atoms with Gasteiger partial charge in [-0.2, -0.15) is 0 Å². The second-order valence-electron chi connectivity index (χ2n) is 8.98. The Balaban J connectivity index is 1.48. The molecule has 1 atom stereocenters. The van der Waals surface area contributed by atoms with Crippen LogP contribution in [0.25, 0.3) is 22.1 Å². The summed E-state index contributed by atoms with van der Waals surface area (Å²) in [5.41, 5.74) is 1.24. The first-order valence-electron chi connectivity index (χ1n) is 10.9. The summed E-state index contributed by atoms with van der Waals surface area (Å²) < 4.78 is 63.4. The average molecular weight is 494 g/mol. The van der Waals surface area contributed by atoms with E-state index in [2.05, 4.69) is 9.89 Å². The number of fused-ring (bicyclic) bond motifs is 1. The van der Waals surface area contributed by atoms with Crippen molar-refractivity contribution in [3.05, 3.63) is 42.5 Å². The largest absolute Gasteiger partial charge is 0.573 e. The summed E-state index contributed by atoms with van der Waals surface area (Å²) in [4.78, 5) is 14.2. The minimum absolute atomic E-state index is 0.106. The standard InChI is InChI=1S/C24H25F3N2O6/c1-23(2,3)34-22(30)29-10-11-31-13-17(29)14-32-21-19-12-16(6-9-20(19)35-28-21)15-4-7-18(8-5-15)33-24(25,26)27/h4-9,12,17H,10-11,13-14H2,1-3H3/t17-/m1/s1. The number of alkyl halides is 3. The maximum atomic E-state index is 12.6. The smallest absolute Gasteiger partial charge is 0.473 e. The fraction of sp³-hybridized carbons (Fsp3) is 0.417. The quantitative estimate of drug-likeness (QED) is 0.469. The van der Waals surface area contributed by atoms with Crippen LogP contribution in [0.1, 0.15) is 20.8 Å². The van der Waals surface area contributed by atoms with Gasteiger partial charge in [-0.05, 0) is 61.3 Å². The van der Waals surface area contributed by atoms with Gasteiger partial charge in [-0.15, -0.1) is 13.2 Å². The number of benzene rings is 2. The second-order valence-corrected chi connectivity index (χ2v) is 8.98. The zero-order chi connectivity index (χ0) is 25.2. The molecule has 35 heavy (non-hydrogen) atoms. The van der Waals surface area contributed by atoms with Crippen LogP contribution in [0.15, 0.2) is 47.0 Å². The molecule has 2 aromatic carbocycles. The summed E-state index contributed by atoms with van der Waals surface area (Å²) in [6.07, 6.45) is -5.20. The number of hydrogen-bond acceptors (Lipinski definition) is 7. The lowest BCUT2D eigenvalue weighted by molar-refractivity contribution is -0.274. The molecule has 0 N–H and O–H groups in total. The molecule has 0 saturated carbocycles. The normalized spacial score (nSPS) is 16.9. The second kappa shape index (κ2) is 9.65. The maximum Gasteiger partial charge on any atom is 0.573 e. The van der Waals surface area contributed by atoms with Gasteiger partial charge in [-0.1, -0.05) is 18.2 Å². The number of amides is 1. The number of rotatable bonds is 5. The van der Waals surface area contributed by atoms with Gasteiger partial charge in [0.05, 0.1) is 24.6 Å². The van der Waals surface area contributed by atoms with E-state index in [0.717, 1.165) is 5.56 Å². The van der Waals surface area contributed by atoms with Gasteiger partial charge in [0, 0.05) is 6.54 Å². The van der Waals surface area contributed by atoms with Gasteiger partial charge in [0.2, 0.25) is 0 Å². The molecule has 1 aliphatic rings. The molecule has 0 aliphatic carbocycles. The number of ether oxygens (including phenoxy) is 4. The number of halogens is 3. The highest BCUT2D eigenvalue weighted by molar-refractivity contribution is 5.87. The minimum Gasteiger partial charge on any atom is -0.473 e. The van der Waals surface area contributed by atoms with Crippen molar-refractivity contribution in [2.75, 3.05) is 26.4 Å². The fourth-order valence-electron chi connectivity index (χ4n) is 3.58. The molecule has 0 spiro atoms. The molecule has 1 aromatic heterocycles. The van der Waals surface area contributed by atoms with Crippen molar-refractivity contribution < 1.29 is 41.4 Å². The Hall–Kier alpha value is -3.47. The molecule has 1 saturated heterocycles. The van der Waals surface area contributed by atoms with Crippen LogP contribution in [0.5, 0.6) is 11.6 Å². The molecule has 11 heteroatoms. The van der Waals surface area contributed by atoms with Crippen LogP contribution >= 0.6 is 0 Å². The van der Waals surface area contributed by atoms with Crippen LogP contribution < -0.4 is 9.47 Å². The molecule has 4 rings (SSSR count).